The van der Waals surface area contributed by atoms with Gasteiger partial charge in [-0.1, -0.05) is 17.3 Å². The van der Waals surface area contributed by atoms with Crippen LogP contribution in [-0.4, -0.2) is 22.5 Å². The summed E-state index contributed by atoms with van der Waals surface area (Å²) < 4.78 is 11.2. The predicted molar refractivity (Wildman–Crippen MR) is 122 cm³/mol. The second kappa shape index (κ2) is 8.32. The summed E-state index contributed by atoms with van der Waals surface area (Å²) >= 11 is 3.48. The molecule has 0 fully saturated rings. The summed E-state index contributed by atoms with van der Waals surface area (Å²) in [5.74, 6) is 1.44. The van der Waals surface area contributed by atoms with Crippen molar-refractivity contribution in [3.63, 3.8) is 0 Å². The molecule has 5 nitrogen and oxygen atoms in total. The fourth-order valence-electron chi connectivity index (χ4n) is 4.04. The third-order valence-electron chi connectivity index (χ3n) is 5.68. The van der Waals surface area contributed by atoms with Crippen molar-refractivity contribution in [2.24, 2.45) is 0 Å². The van der Waals surface area contributed by atoms with Gasteiger partial charge in [0.05, 0.1) is 17.3 Å². The van der Waals surface area contributed by atoms with Crippen LogP contribution in [0.15, 0.2) is 57.7 Å². The van der Waals surface area contributed by atoms with Crippen molar-refractivity contribution in [1.29, 1.82) is 0 Å². The van der Waals surface area contributed by atoms with E-state index in [9.17, 15) is 4.79 Å². The highest BCUT2D eigenvalue weighted by Gasteiger charge is 2.34. The molecule has 0 N–H and O–H groups in total. The van der Waals surface area contributed by atoms with Crippen LogP contribution in [0.4, 0.5) is 0 Å². The first-order chi connectivity index (χ1) is 15.1. The van der Waals surface area contributed by atoms with E-state index in [4.69, 9.17) is 9.26 Å². The minimum Gasteiger partial charge on any atom is -0.489 e. The highest BCUT2D eigenvalue weighted by Crippen LogP contribution is 2.40. The molecule has 1 aromatic carbocycles. The van der Waals surface area contributed by atoms with Gasteiger partial charge in [0.25, 0.3) is 5.91 Å². The Morgan fingerprint density at radius 1 is 1.19 bits per heavy atom. The van der Waals surface area contributed by atoms with E-state index in [2.05, 4.69) is 28.0 Å². The average Bonchev–Trinajstić information content (AvgIpc) is 3.54. The number of aromatic nitrogens is 1. The topological polar surface area (TPSA) is 55.6 Å². The summed E-state index contributed by atoms with van der Waals surface area (Å²) in [6.45, 7) is 4.84. The van der Waals surface area contributed by atoms with Gasteiger partial charge in [0.2, 0.25) is 0 Å². The van der Waals surface area contributed by atoms with Gasteiger partial charge in [-0.25, -0.2) is 0 Å². The van der Waals surface area contributed by atoms with Gasteiger partial charge < -0.3 is 14.2 Å². The summed E-state index contributed by atoms with van der Waals surface area (Å²) in [7, 11) is 0. The van der Waals surface area contributed by atoms with E-state index < -0.39 is 0 Å². The van der Waals surface area contributed by atoms with Gasteiger partial charge in [-0.05, 0) is 66.9 Å². The molecule has 0 aliphatic carbocycles. The molecule has 3 aromatic heterocycles. The molecule has 7 heteroatoms. The number of carbonyl (C=O) groups is 1. The van der Waals surface area contributed by atoms with Crippen LogP contribution < -0.4 is 4.74 Å². The van der Waals surface area contributed by atoms with Crippen molar-refractivity contribution in [3.8, 4) is 5.75 Å². The van der Waals surface area contributed by atoms with E-state index in [0.717, 1.165) is 23.4 Å². The molecule has 1 amide bonds. The van der Waals surface area contributed by atoms with E-state index in [-0.39, 0.29) is 11.9 Å². The smallest absolute Gasteiger partial charge is 0.254 e. The lowest BCUT2D eigenvalue weighted by atomic mass is 9.97. The zero-order valence-corrected chi connectivity index (χ0v) is 19.0. The number of carbonyl (C=O) groups excluding carboxylic acids is 1. The molecule has 0 saturated carbocycles. The molecule has 4 aromatic rings. The number of hydrogen-bond acceptors (Lipinski definition) is 6. The Morgan fingerprint density at radius 2 is 2.10 bits per heavy atom. The van der Waals surface area contributed by atoms with E-state index in [1.165, 1.54) is 15.3 Å². The Bertz CT molecular complexity index is 1190. The molecule has 1 aliphatic heterocycles. The SMILES string of the molecule is Cc1noc(C)c1COc1cccc(C(=O)N2CCc3sccc3C2c2cccs2)c1. The molecule has 0 bridgehead atoms. The van der Waals surface area contributed by atoms with Gasteiger partial charge in [-0.15, -0.1) is 22.7 Å². The van der Waals surface area contributed by atoms with Crippen LogP contribution >= 0.6 is 22.7 Å². The van der Waals surface area contributed by atoms with Crippen molar-refractivity contribution < 1.29 is 14.1 Å². The number of rotatable bonds is 5. The molecule has 1 aliphatic rings. The number of ether oxygens (including phenoxy) is 1. The van der Waals surface area contributed by atoms with Crippen LogP contribution in [0.5, 0.6) is 5.75 Å². The molecule has 31 heavy (non-hydrogen) atoms. The predicted octanol–water partition coefficient (Wildman–Crippen LogP) is 5.78. The Hall–Kier alpha value is -2.90. The van der Waals surface area contributed by atoms with Crippen molar-refractivity contribution >= 4 is 28.6 Å². The Morgan fingerprint density at radius 3 is 2.87 bits per heavy atom. The fourth-order valence-corrected chi connectivity index (χ4v) is 5.80. The molecule has 0 spiro atoms. The van der Waals surface area contributed by atoms with Crippen LogP contribution in [0.1, 0.15) is 48.7 Å². The third-order valence-corrected chi connectivity index (χ3v) is 7.61. The average molecular weight is 451 g/mol. The Kier molecular flexibility index (Phi) is 5.38. The molecule has 1 atom stereocenters. The quantitative estimate of drug-likeness (QED) is 0.387. The molecule has 1 unspecified atom stereocenters. The second-order valence-electron chi connectivity index (χ2n) is 7.58. The summed E-state index contributed by atoms with van der Waals surface area (Å²) in [6.07, 6.45) is 0.892. The van der Waals surface area contributed by atoms with Gasteiger partial charge in [0, 0.05) is 21.9 Å². The van der Waals surface area contributed by atoms with Crippen molar-refractivity contribution in [2.75, 3.05) is 6.54 Å². The van der Waals surface area contributed by atoms with Gasteiger partial charge in [0.1, 0.15) is 18.1 Å². The normalized spacial score (nSPS) is 15.7. The van der Waals surface area contributed by atoms with E-state index in [1.807, 2.05) is 49.1 Å². The third kappa shape index (κ3) is 3.79. The van der Waals surface area contributed by atoms with Crippen molar-refractivity contribution in [2.45, 2.75) is 32.9 Å². The zero-order chi connectivity index (χ0) is 21.4. The minimum atomic E-state index is -0.0330. The van der Waals surface area contributed by atoms with Crippen LogP contribution in [0.2, 0.25) is 0 Å². The maximum absolute atomic E-state index is 13.6. The number of aryl methyl sites for hydroxylation is 2. The lowest BCUT2D eigenvalue weighted by molar-refractivity contribution is 0.0698. The molecule has 4 heterocycles. The van der Waals surface area contributed by atoms with Crippen LogP contribution in [0.25, 0.3) is 0 Å². The van der Waals surface area contributed by atoms with Crippen molar-refractivity contribution in [1.82, 2.24) is 10.1 Å². The summed E-state index contributed by atoms with van der Waals surface area (Å²) in [5, 5.41) is 8.17. The van der Waals surface area contributed by atoms with Gasteiger partial charge in [-0.2, -0.15) is 0 Å². The van der Waals surface area contributed by atoms with E-state index in [0.29, 0.717) is 24.5 Å². The first-order valence-corrected chi connectivity index (χ1v) is 11.9. The number of thiophene rings is 2. The maximum atomic E-state index is 13.6. The number of nitrogens with zero attached hydrogens (tertiary/aromatic N) is 2. The highest BCUT2D eigenvalue weighted by molar-refractivity contribution is 7.10. The molecule has 0 radical (unpaired) electrons. The van der Waals surface area contributed by atoms with Gasteiger partial charge >= 0.3 is 0 Å². The standard InChI is InChI=1S/C24H22N2O3S2/c1-15-20(16(2)29-25-15)14-28-18-6-3-5-17(13-18)24(27)26-10-8-21-19(9-12-31-21)23(26)22-7-4-11-30-22/h3-7,9,11-13,23H,8,10,14H2,1-2H3. The highest BCUT2D eigenvalue weighted by atomic mass is 32.1. The number of hydrogen-bond donors (Lipinski definition) is 0. The maximum Gasteiger partial charge on any atom is 0.254 e. The summed E-state index contributed by atoms with van der Waals surface area (Å²) in [5.41, 5.74) is 3.65. The molecule has 0 saturated heterocycles. The molecule has 5 rings (SSSR count). The van der Waals surface area contributed by atoms with E-state index in [1.54, 1.807) is 22.7 Å². The largest absolute Gasteiger partial charge is 0.489 e. The Labute approximate surface area is 188 Å². The minimum absolute atomic E-state index is 0.0260. The van der Waals surface area contributed by atoms with Crippen LogP contribution in [0, 0.1) is 13.8 Å². The lowest BCUT2D eigenvalue weighted by Crippen LogP contribution is -2.39. The lowest BCUT2D eigenvalue weighted by Gasteiger charge is -2.35. The first-order valence-electron chi connectivity index (χ1n) is 10.2. The summed E-state index contributed by atoms with van der Waals surface area (Å²) in [6, 6.07) is 13.7. The number of fused-ring (bicyclic) bond motifs is 1. The number of benzene rings is 1. The van der Waals surface area contributed by atoms with Crippen LogP contribution in [0.3, 0.4) is 0 Å². The monoisotopic (exact) mass is 450 g/mol. The van der Waals surface area contributed by atoms with Gasteiger partial charge in [0.15, 0.2) is 0 Å². The summed E-state index contributed by atoms with van der Waals surface area (Å²) in [4.78, 5) is 18.1. The first kappa shape index (κ1) is 20.0. The molecule has 158 valence electrons. The molecular formula is C24H22N2O3S2. The fraction of sp³-hybridized carbons (Fsp3) is 0.250. The van der Waals surface area contributed by atoms with Crippen LogP contribution in [-0.2, 0) is 13.0 Å². The van der Waals surface area contributed by atoms with Gasteiger partial charge in [-0.3, -0.25) is 4.79 Å². The van der Waals surface area contributed by atoms with Crippen molar-refractivity contribution in [3.05, 3.63) is 91.1 Å². The van der Waals surface area contributed by atoms with E-state index >= 15 is 0 Å². The second-order valence-corrected chi connectivity index (χ2v) is 9.56. The Balaban J connectivity index is 1.40. The number of amides is 1. The zero-order valence-electron chi connectivity index (χ0n) is 17.3. The molecular weight excluding hydrogens is 428 g/mol.